The number of aromatic nitrogens is 3. The molecule has 2 aromatic heterocycles. The van der Waals surface area contributed by atoms with Crippen LogP contribution in [0.4, 0.5) is 0 Å². The van der Waals surface area contributed by atoms with Gasteiger partial charge in [0.25, 0.3) is 6.33 Å². The maximum atomic E-state index is 9.17. The van der Waals surface area contributed by atoms with Crippen LogP contribution in [-0.4, -0.2) is 26.9 Å². The summed E-state index contributed by atoms with van der Waals surface area (Å²) < 4.78 is 4.70. The monoisotopic (exact) mass is 275 g/mol. The van der Waals surface area contributed by atoms with Gasteiger partial charge < -0.3 is 10.0 Å². The number of fused-ring (bicyclic) bond motifs is 1. The number of hydrogen-bond donors (Lipinski definition) is 3. The third-order valence-corrected chi connectivity index (χ3v) is 3.95. The molecule has 8 heteroatoms. The molecule has 0 bridgehead atoms. The summed E-state index contributed by atoms with van der Waals surface area (Å²) in [5, 5.41) is 23.4. The van der Waals surface area contributed by atoms with Crippen LogP contribution >= 0.6 is 11.3 Å². The molecule has 3 rings (SSSR count). The number of nitrogens with zero attached hydrogens (tertiary/aromatic N) is 3. The van der Waals surface area contributed by atoms with E-state index in [1.165, 1.54) is 22.3 Å². The zero-order valence-corrected chi connectivity index (χ0v) is 10.8. The Labute approximate surface area is 113 Å². The van der Waals surface area contributed by atoms with Gasteiger partial charge in [-0.25, -0.2) is 0 Å². The van der Waals surface area contributed by atoms with Crippen molar-refractivity contribution in [3.63, 3.8) is 0 Å². The van der Waals surface area contributed by atoms with E-state index in [0.717, 1.165) is 15.6 Å². The largest absolute Gasteiger partial charge is 0.499 e. The van der Waals surface area contributed by atoms with Crippen molar-refractivity contribution >= 4 is 33.3 Å². The van der Waals surface area contributed by atoms with E-state index in [4.69, 9.17) is 15.9 Å². The quantitative estimate of drug-likeness (QED) is 0.319. The molecule has 0 spiro atoms. The van der Waals surface area contributed by atoms with Gasteiger partial charge in [0.05, 0.1) is 0 Å². The first-order chi connectivity index (χ1) is 9.11. The molecule has 0 aliphatic carbocycles. The van der Waals surface area contributed by atoms with Gasteiger partial charge in [-0.05, 0) is 29.1 Å². The molecule has 0 atom stereocenters. The molecule has 0 aliphatic rings. The van der Waals surface area contributed by atoms with Crippen molar-refractivity contribution in [3.05, 3.63) is 42.5 Å². The highest BCUT2D eigenvalue weighted by atomic mass is 32.1. The molecular formula is C11H12BN4O2S+. The number of thiophene rings is 1. The summed E-state index contributed by atoms with van der Waals surface area (Å²) in [6.45, 7) is 0.618. The molecule has 0 saturated heterocycles. The fourth-order valence-corrected chi connectivity index (χ4v) is 2.86. The van der Waals surface area contributed by atoms with E-state index in [1.807, 2.05) is 18.2 Å². The minimum absolute atomic E-state index is 0.547. The van der Waals surface area contributed by atoms with Gasteiger partial charge in [0.15, 0.2) is 0 Å². The van der Waals surface area contributed by atoms with Gasteiger partial charge in [0.1, 0.15) is 6.54 Å². The van der Waals surface area contributed by atoms with Crippen LogP contribution in [0.3, 0.4) is 0 Å². The van der Waals surface area contributed by atoms with Crippen molar-refractivity contribution in [1.82, 2.24) is 9.78 Å². The van der Waals surface area contributed by atoms with Crippen molar-refractivity contribution in [2.45, 2.75) is 6.54 Å². The molecule has 96 valence electrons. The lowest BCUT2D eigenvalue weighted by molar-refractivity contribution is -0.639. The Morgan fingerprint density at radius 2 is 2.21 bits per heavy atom. The Balaban J connectivity index is 1.92. The Bertz CT molecular complexity index is 724. The maximum absolute atomic E-state index is 9.17. The minimum atomic E-state index is -1.41. The molecule has 0 unspecified atom stereocenters. The van der Waals surface area contributed by atoms with Crippen molar-refractivity contribution in [1.29, 1.82) is 0 Å². The van der Waals surface area contributed by atoms with E-state index in [0.29, 0.717) is 11.3 Å². The smallest absolute Gasteiger partial charge is 0.423 e. The second-order valence-electron chi connectivity index (χ2n) is 4.29. The second kappa shape index (κ2) is 4.65. The van der Waals surface area contributed by atoms with Crippen LogP contribution in [0.1, 0.15) is 5.56 Å². The van der Waals surface area contributed by atoms with E-state index in [-0.39, 0.29) is 0 Å². The second-order valence-corrected chi connectivity index (χ2v) is 5.40. The van der Waals surface area contributed by atoms with Gasteiger partial charge in [0.2, 0.25) is 6.33 Å². The van der Waals surface area contributed by atoms with E-state index in [9.17, 15) is 0 Å². The fourth-order valence-electron chi connectivity index (χ4n) is 1.95. The normalized spacial score (nSPS) is 11.1. The lowest BCUT2D eigenvalue weighted by atomic mass is 9.89. The number of nitrogen functional groups attached to an aromatic ring is 1. The Kier molecular flexibility index (Phi) is 2.98. The molecule has 2 heterocycles. The molecule has 0 amide bonds. The Morgan fingerprint density at radius 1 is 1.37 bits per heavy atom. The summed E-state index contributed by atoms with van der Waals surface area (Å²) >= 11 is 1.38. The van der Waals surface area contributed by atoms with Crippen molar-refractivity contribution < 1.29 is 14.7 Å². The van der Waals surface area contributed by atoms with Gasteiger partial charge in [-0.3, -0.25) is 5.84 Å². The number of rotatable bonds is 3. The fraction of sp³-hybridized carbons (Fsp3) is 0.0909. The summed E-state index contributed by atoms with van der Waals surface area (Å²) in [6, 6.07) is 7.77. The zero-order chi connectivity index (χ0) is 13.4. The standard InChI is InChI=1S/C11H12BN4O2S/c13-15-6-14-16(7-15)5-8-1-2-10-9(3-8)4-11(19-10)12(17)18/h1-4,6-7,17-18H,5,13H2/q+1. The van der Waals surface area contributed by atoms with Crippen LogP contribution in [0.15, 0.2) is 36.9 Å². The predicted octanol–water partition coefficient (Wildman–Crippen LogP) is -1.17. The first kappa shape index (κ1) is 12.2. The first-order valence-electron chi connectivity index (χ1n) is 5.69. The summed E-state index contributed by atoms with van der Waals surface area (Å²) in [4.78, 5) is 0. The average Bonchev–Trinajstić information content (AvgIpc) is 2.95. The molecular weight excluding hydrogens is 263 g/mol. The van der Waals surface area contributed by atoms with E-state index >= 15 is 0 Å². The summed E-state index contributed by atoms with van der Waals surface area (Å²) in [6.07, 6.45) is 3.23. The van der Waals surface area contributed by atoms with Crippen LogP contribution in [0.5, 0.6) is 0 Å². The van der Waals surface area contributed by atoms with E-state index in [2.05, 4.69) is 5.10 Å². The van der Waals surface area contributed by atoms with E-state index < -0.39 is 7.12 Å². The molecule has 6 nitrogen and oxygen atoms in total. The Morgan fingerprint density at radius 3 is 2.89 bits per heavy atom. The molecule has 0 fully saturated rings. The van der Waals surface area contributed by atoms with Crippen molar-refractivity contribution in [2.75, 3.05) is 5.84 Å². The highest BCUT2D eigenvalue weighted by Crippen LogP contribution is 2.21. The number of benzene rings is 1. The van der Waals surface area contributed by atoms with Gasteiger partial charge in [0, 0.05) is 14.6 Å². The minimum Gasteiger partial charge on any atom is -0.423 e. The SMILES string of the molecule is N[n+]1cnn(Cc2ccc3sc(B(O)O)cc3c2)c1. The highest BCUT2D eigenvalue weighted by Gasteiger charge is 2.15. The topological polar surface area (TPSA) is 88.2 Å². The van der Waals surface area contributed by atoms with Crippen molar-refractivity contribution in [3.8, 4) is 0 Å². The number of nitrogens with two attached hydrogens (primary N) is 1. The summed E-state index contributed by atoms with van der Waals surface area (Å²) in [5.74, 6) is 5.54. The third kappa shape index (κ3) is 2.46. The first-order valence-corrected chi connectivity index (χ1v) is 6.51. The van der Waals surface area contributed by atoms with Gasteiger partial charge in [-0.15, -0.1) is 20.7 Å². The molecule has 0 aliphatic heterocycles. The highest BCUT2D eigenvalue weighted by molar-refractivity contribution is 7.27. The van der Waals surface area contributed by atoms with Crippen molar-refractivity contribution in [2.24, 2.45) is 0 Å². The van der Waals surface area contributed by atoms with Crippen LogP contribution in [0.2, 0.25) is 0 Å². The molecule has 0 saturated carbocycles. The molecule has 19 heavy (non-hydrogen) atoms. The van der Waals surface area contributed by atoms with E-state index in [1.54, 1.807) is 17.1 Å². The van der Waals surface area contributed by atoms with Gasteiger partial charge in [-0.1, -0.05) is 6.07 Å². The zero-order valence-electron chi connectivity index (χ0n) is 9.97. The third-order valence-electron chi connectivity index (χ3n) is 2.80. The molecule has 0 radical (unpaired) electrons. The average molecular weight is 275 g/mol. The maximum Gasteiger partial charge on any atom is 0.499 e. The molecule has 1 aromatic carbocycles. The predicted molar refractivity (Wildman–Crippen MR) is 73.3 cm³/mol. The van der Waals surface area contributed by atoms with Crippen LogP contribution < -0.4 is 15.3 Å². The van der Waals surface area contributed by atoms with Gasteiger partial charge >= 0.3 is 7.12 Å². The molecule has 3 aromatic rings. The van der Waals surface area contributed by atoms with Crippen LogP contribution in [0, 0.1) is 0 Å². The lowest BCUT2D eigenvalue weighted by Gasteiger charge is -1.96. The van der Waals surface area contributed by atoms with Crippen LogP contribution in [-0.2, 0) is 6.54 Å². The summed E-state index contributed by atoms with van der Waals surface area (Å²) in [7, 11) is -1.41. The van der Waals surface area contributed by atoms with Crippen LogP contribution in [0.25, 0.3) is 10.1 Å². The lowest BCUT2D eigenvalue weighted by Crippen LogP contribution is -2.42. The summed E-state index contributed by atoms with van der Waals surface area (Å²) in [5.41, 5.74) is 1.08. The Hall–Kier alpha value is -1.90. The van der Waals surface area contributed by atoms with Gasteiger partial charge in [-0.2, -0.15) is 0 Å². The number of hydrogen-bond acceptors (Lipinski definition) is 5. The molecule has 4 N–H and O–H groups in total.